The highest BCUT2D eigenvalue weighted by Crippen LogP contribution is 2.25. The first-order valence-electron chi connectivity index (χ1n) is 5.63. The van der Waals surface area contributed by atoms with Crippen molar-refractivity contribution >= 4 is 17.6 Å². The summed E-state index contributed by atoms with van der Waals surface area (Å²) in [6.45, 7) is 1.09. The van der Waals surface area contributed by atoms with Gasteiger partial charge in [0.25, 0.3) is 0 Å². The number of aromatic carboxylic acids is 1. The quantitative estimate of drug-likeness (QED) is 0.818. The van der Waals surface area contributed by atoms with Gasteiger partial charge in [-0.1, -0.05) is 6.07 Å². The molecule has 0 spiro atoms. The molecule has 0 saturated carbocycles. The van der Waals surface area contributed by atoms with E-state index >= 15 is 0 Å². The van der Waals surface area contributed by atoms with E-state index in [1.54, 1.807) is 4.90 Å². The third kappa shape index (κ3) is 2.42. The monoisotopic (exact) mass is 252 g/mol. The molecule has 5 nitrogen and oxygen atoms in total. The highest BCUT2D eigenvalue weighted by molar-refractivity contribution is 5.94. The molecule has 0 atom stereocenters. The summed E-state index contributed by atoms with van der Waals surface area (Å²) in [6, 6.07) is 3.95. The molecule has 2 N–H and O–H groups in total. The van der Waals surface area contributed by atoms with E-state index in [1.807, 2.05) is 0 Å². The maximum absolute atomic E-state index is 13.8. The fraction of sp³-hybridized carbons (Fsp3) is 0.333. The molecule has 0 radical (unpaired) electrons. The van der Waals surface area contributed by atoms with E-state index in [0.717, 1.165) is 0 Å². The molecule has 0 aromatic heterocycles. The normalized spacial score (nSPS) is 16.1. The number of nitrogens with zero attached hydrogens (tertiary/aromatic N) is 1. The Morgan fingerprint density at radius 3 is 2.89 bits per heavy atom. The Balaban J connectivity index is 2.37. The fourth-order valence-corrected chi connectivity index (χ4v) is 2.00. The molecule has 2 rings (SSSR count). The third-order valence-corrected chi connectivity index (χ3v) is 2.85. The highest BCUT2D eigenvalue weighted by Gasteiger charge is 2.22. The van der Waals surface area contributed by atoms with Crippen LogP contribution < -0.4 is 10.2 Å². The minimum Gasteiger partial charge on any atom is -0.478 e. The molecule has 6 heteroatoms. The van der Waals surface area contributed by atoms with E-state index in [4.69, 9.17) is 5.11 Å². The van der Waals surface area contributed by atoms with Crippen LogP contribution in [-0.4, -0.2) is 36.6 Å². The molecule has 1 saturated heterocycles. The Morgan fingerprint density at radius 1 is 1.39 bits per heavy atom. The zero-order chi connectivity index (χ0) is 13.1. The van der Waals surface area contributed by atoms with Crippen molar-refractivity contribution in [3.63, 3.8) is 0 Å². The van der Waals surface area contributed by atoms with Crippen LogP contribution in [0.3, 0.4) is 0 Å². The molecular weight excluding hydrogens is 239 g/mol. The van der Waals surface area contributed by atoms with Crippen molar-refractivity contribution in [3.05, 3.63) is 29.6 Å². The van der Waals surface area contributed by atoms with Gasteiger partial charge < -0.3 is 15.3 Å². The lowest BCUT2D eigenvalue weighted by Gasteiger charge is -2.24. The van der Waals surface area contributed by atoms with Gasteiger partial charge in [0.2, 0.25) is 5.91 Å². The van der Waals surface area contributed by atoms with Gasteiger partial charge in [0.05, 0.1) is 11.3 Å². The van der Waals surface area contributed by atoms with Gasteiger partial charge in [-0.05, 0) is 12.1 Å². The average Bonchev–Trinajstić information content (AvgIpc) is 2.53. The van der Waals surface area contributed by atoms with Gasteiger partial charge in [-0.3, -0.25) is 4.79 Å². The second kappa shape index (κ2) is 5.03. The lowest BCUT2D eigenvalue weighted by Crippen LogP contribution is -2.30. The molecule has 96 valence electrons. The Kier molecular flexibility index (Phi) is 3.45. The van der Waals surface area contributed by atoms with Crippen LogP contribution in [0, 0.1) is 5.82 Å². The van der Waals surface area contributed by atoms with Crippen LogP contribution in [0.25, 0.3) is 0 Å². The summed E-state index contributed by atoms with van der Waals surface area (Å²) in [5.74, 6) is -1.86. The topological polar surface area (TPSA) is 69.6 Å². The fourth-order valence-electron chi connectivity index (χ4n) is 2.00. The van der Waals surface area contributed by atoms with E-state index in [2.05, 4.69) is 5.32 Å². The average molecular weight is 252 g/mol. The predicted octanol–water partition coefficient (Wildman–Crippen LogP) is 0.850. The van der Waals surface area contributed by atoms with Crippen molar-refractivity contribution in [2.24, 2.45) is 0 Å². The number of carboxylic acid groups (broad SMARTS) is 1. The Hall–Kier alpha value is -2.11. The van der Waals surface area contributed by atoms with Crippen LogP contribution in [0.1, 0.15) is 16.8 Å². The second-order valence-corrected chi connectivity index (χ2v) is 4.03. The second-order valence-electron chi connectivity index (χ2n) is 4.03. The number of para-hydroxylation sites is 1. The van der Waals surface area contributed by atoms with Crippen LogP contribution in [0.5, 0.6) is 0 Å². The smallest absolute Gasteiger partial charge is 0.337 e. The van der Waals surface area contributed by atoms with Crippen LogP contribution >= 0.6 is 0 Å². The molecule has 0 bridgehead atoms. The van der Waals surface area contributed by atoms with E-state index in [1.165, 1.54) is 18.2 Å². The number of anilines is 1. The largest absolute Gasteiger partial charge is 0.478 e. The summed E-state index contributed by atoms with van der Waals surface area (Å²) in [6.07, 6.45) is 0.230. The summed E-state index contributed by atoms with van der Waals surface area (Å²) < 4.78 is 13.8. The number of halogens is 1. The maximum Gasteiger partial charge on any atom is 0.337 e. The van der Waals surface area contributed by atoms with Crippen LogP contribution in [0.2, 0.25) is 0 Å². The van der Waals surface area contributed by atoms with Crippen molar-refractivity contribution < 1.29 is 19.1 Å². The summed E-state index contributed by atoms with van der Waals surface area (Å²) >= 11 is 0. The Bertz CT molecular complexity index is 490. The first kappa shape index (κ1) is 12.3. The van der Waals surface area contributed by atoms with Crippen molar-refractivity contribution in [3.8, 4) is 0 Å². The molecular formula is C12H13FN2O3. The van der Waals surface area contributed by atoms with Crippen molar-refractivity contribution in [1.29, 1.82) is 0 Å². The van der Waals surface area contributed by atoms with Gasteiger partial charge >= 0.3 is 5.97 Å². The summed E-state index contributed by atoms with van der Waals surface area (Å²) in [4.78, 5) is 23.9. The SMILES string of the molecule is O=C1CCN(c2c(F)cccc2C(=O)O)CCN1. The molecule has 1 amide bonds. The molecule has 1 fully saturated rings. The summed E-state index contributed by atoms with van der Waals surface area (Å²) in [7, 11) is 0. The number of benzene rings is 1. The summed E-state index contributed by atoms with van der Waals surface area (Å²) in [5, 5.41) is 11.7. The molecule has 18 heavy (non-hydrogen) atoms. The van der Waals surface area contributed by atoms with Crippen LogP contribution in [0.4, 0.5) is 10.1 Å². The lowest BCUT2D eigenvalue weighted by atomic mass is 10.1. The van der Waals surface area contributed by atoms with Gasteiger partial charge in [0, 0.05) is 26.1 Å². The van der Waals surface area contributed by atoms with Crippen molar-refractivity contribution in [1.82, 2.24) is 5.32 Å². The molecule has 1 heterocycles. The van der Waals surface area contributed by atoms with Crippen LogP contribution in [0.15, 0.2) is 18.2 Å². The number of carbonyl (C=O) groups is 2. The number of carbonyl (C=O) groups excluding carboxylic acids is 1. The van der Waals surface area contributed by atoms with Gasteiger partial charge in [0.15, 0.2) is 0 Å². The minimum atomic E-state index is -1.17. The highest BCUT2D eigenvalue weighted by atomic mass is 19.1. The van der Waals surface area contributed by atoms with Gasteiger partial charge in [-0.2, -0.15) is 0 Å². The standard InChI is InChI=1S/C12H13FN2O3/c13-9-3-1-2-8(12(17)18)11(9)15-6-4-10(16)14-5-7-15/h1-3H,4-7H2,(H,14,16)(H,17,18). The van der Waals surface area contributed by atoms with Crippen molar-refractivity contribution in [2.45, 2.75) is 6.42 Å². The van der Waals surface area contributed by atoms with Gasteiger partial charge in [0.1, 0.15) is 5.82 Å². The molecule has 1 aromatic carbocycles. The number of hydrogen-bond acceptors (Lipinski definition) is 3. The number of carboxylic acids is 1. The first-order valence-corrected chi connectivity index (χ1v) is 5.63. The molecule has 0 unspecified atom stereocenters. The zero-order valence-electron chi connectivity index (χ0n) is 9.65. The number of hydrogen-bond donors (Lipinski definition) is 2. The van der Waals surface area contributed by atoms with Crippen molar-refractivity contribution in [2.75, 3.05) is 24.5 Å². The Labute approximate surface area is 103 Å². The lowest BCUT2D eigenvalue weighted by molar-refractivity contribution is -0.120. The third-order valence-electron chi connectivity index (χ3n) is 2.85. The molecule has 1 aliphatic rings. The summed E-state index contributed by atoms with van der Waals surface area (Å²) in [5.41, 5.74) is -0.0224. The van der Waals surface area contributed by atoms with E-state index < -0.39 is 11.8 Å². The maximum atomic E-state index is 13.8. The number of rotatable bonds is 2. The minimum absolute atomic E-state index is 0.0569. The molecule has 1 aliphatic heterocycles. The molecule has 0 aliphatic carbocycles. The number of amides is 1. The first-order chi connectivity index (χ1) is 8.59. The predicted molar refractivity (Wildman–Crippen MR) is 63.2 cm³/mol. The van der Waals surface area contributed by atoms with E-state index in [9.17, 15) is 14.0 Å². The number of nitrogens with one attached hydrogen (secondary N) is 1. The van der Waals surface area contributed by atoms with E-state index in [-0.39, 0.29) is 23.6 Å². The van der Waals surface area contributed by atoms with Gasteiger partial charge in [-0.15, -0.1) is 0 Å². The zero-order valence-corrected chi connectivity index (χ0v) is 9.65. The van der Waals surface area contributed by atoms with Crippen LogP contribution in [-0.2, 0) is 4.79 Å². The van der Waals surface area contributed by atoms with Gasteiger partial charge in [-0.25, -0.2) is 9.18 Å². The molecule has 1 aromatic rings. The van der Waals surface area contributed by atoms with E-state index in [0.29, 0.717) is 19.6 Å². The Morgan fingerprint density at radius 2 is 2.17 bits per heavy atom.